The van der Waals surface area contributed by atoms with Crippen molar-refractivity contribution < 1.29 is 9.47 Å². The van der Waals surface area contributed by atoms with E-state index in [1.807, 2.05) is 6.92 Å². The van der Waals surface area contributed by atoms with Crippen LogP contribution in [-0.2, 0) is 21.7 Å². The molecule has 1 aromatic rings. The molecular weight excluding hydrogens is 202 g/mol. The average molecular weight is 221 g/mol. The van der Waals surface area contributed by atoms with Crippen molar-refractivity contribution in [2.75, 3.05) is 13.2 Å². The summed E-state index contributed by atoms with van der Waals surface area (Å²) in [6.07, 6.45) is 1.05. The molecule has 0 saturated carbocycles. The molecule has 1 fully saturated rings. The maximum Gasteiger partial charge on any atom is 0.192 e. The Labute approximate surface area is 96.5 Å². The number of rotatable bonds is 2. The van der Waals surface area contributed by atoms with Gasteiger partial charge in [-0.05, 0) is 18.9 Å². The zero-order valence-corrected chi connectivity index (χ0v) is 9.90. The predicted molar refractivity (Wildman–Crippen MR) is 63.1 cm³/mol. The first-order valence-electron chi connectivity index (χ1n) is 5.77. The number of benzene rings is 1. The number of hydrogen-bond donors (Lipinski definition) is 1. The first-order chi connectivity index (χ1) is 7.64. The third-order valence-electron chi connectivity index (χ3n) is 3.03. The lowest BCUT2D eigenvalue weighted by Gasteiger charge is -2.36. The van der Waals surface area contributed by atoms with E-state index < -0.39 is 5.79 Å². The molecular formula is C13H19NO2. The van der Waals surface area contributed by atoms with Crippen LogP contribution in [0.4, 0.5) is 0 Å². The van der Waals surface area contributed by atoms with Crippen LogP contribution >= 0.6 is 0 Å². The molecule has 3 nitrogen and oxygen atoms in total. The molecule has 1 saturated heterocycles. The quantitative estimate of drug-likeness (QED) is 0.828. The third-order valence-corrected chi connectivity index (χ3v) is 3.03. The van der Waals surface area contributed by atoms with Gasteiger partial charge in [-0.2, -0.15) is 0 Å². The third kappa shape index (κ3) is 2.26. The fourth-order valence-corrected chi connectivity index (χ4v) is 1.83. The van der Waals surface area contributed by atoms with Gasteiger partial charge in [0.05, 0.1) is 19.3 Å². The second kappa shape index (κ2) is 4.53. The molecule has 0 spiro atoms. The maximum atomic E-state index is 5.73. The fourth-order valence-electron chi connectivity index (χ4n) is 1.83. The van der Waals surface area contributed by atoms with E-state index >= 15 is 0 Å². The van der Waals surface area contributed by atoms with Gasteiger partial charge in [-0.15, -0.1) is 0 Å². The Kier molecular flexibility index (Phi) is 3.28. The average Bonchev–Trinajstić information content (AvgIpc) is 2.33. The van der Waals surface area contributed by atoms with Crippen LogP contribution in [0.15, 0.2) is 24.3 Å². The van der Waals surface area contributed by atoms with Crippen molar-refractivity contribution in [3.63, 3.8) is 0 Å². The number of nitrogens with two attached hydrogens (primary N) is 1. The van der Waals surface area contributed by atoms with Gasteiger partial charge in [-0.25, -0.2) is 0 Å². The van der Waals surface area contributed by atoms with E-state index in [2.05, 4.69) is 31.2 Å². The highest BCUT2D eigenvalue weighted by Crippen LogP contribution is 2.29. The highest BCUT2D eigenvalue weighted by Gasteiger charge is 2.33. The lowest BCUT2D eigenvalue weighted by Crippen LogP contribution is -2.46. The van der Waals surface area contributed by atoms with Crippen molar-refractivity contribution in [3.05, 3.63) is 35.4 Å². The van der Waals surface area contributed by atoms with E-state index in [-0.39, 0.29) is 6.04 Å². The largest absolute Gasteiger partial charge is 0.344 e. The van der Waals surface area contributed by atoms with Gasteiger partial charge in [0.1, 0.15) is 0 Å². The zero-order valence-electron chi connectivity index (χ0n) is 9.90. The molecule has 0 aliphatic carbocycles. The molecule has 0 amide bonds. The smallest absolute Gasteiger partial charge is 0.192 e. The molecule has 1 heterocycles. The molecule has 0 radical (unpaired) electrons. The number of hydrogen-bond acceptors (Lipinski definition) is 3. The van der Waals surface area contributed by atoms with Gasteiger partial charge < -0.3 is 15.2 Å². The second-order valence-corrected chi connectivity index (χ2v) is 4.38. The molecule has 0 aromatic heterocycles. The molecule has 1 aliphatic heterocycles. The van der Waals surface area contributed by atoms with Gasteiger partial charge >= 0.3 is 0 Å². The lowest BCUT2D eigenvalue weighted by atomic mass is 10.0. The highest BCUT2D eigenvalue weighted by molar-refractivity contribution is 5.25. The van der Waals surface area contributed by atoms with Gasteiger partial charge in [-0.3, -0.25) is 0 Å². The number of ether oxygens (including phenoxy) is 2. The Bertz CT molecular complexity index is 339. The Hall–Kier alpha value is -0.900. The van der Waals surface area contributed by atoms with Crippen LogP contribution in [-0.4, -0.2) is 19.3 Å². The van der Waals surface area contributed by atoms with Crippen molar-refractivity contribution in [1.29, 1.82) is 0 Å². The van der Waals surface area contributed by atoms with E-state index in [0.717, 1.165) is 12.0 Å². The van der Waals surface area contributed by atoms with Gasteiger partial charge in [0, 0.05) is 5.56 Å². The van der Waals surface area contributed by atoms with Crippen molar-refractivity contribution in [1.82, 2.24) is 0 Å². The molecule has 2 N–H and O–H groups in total. The standard InChI is InChI=1S/C13H19NO2/c1-3-10-4-6-11(7-5-10)13(2)15-8-12(14)9-16-13/h4-7,12H,3,8-9,14H2,1-2H3. The van der Waals surface area contributed by atoms with Crippen molar-refractivity contribution in [2.45, 2.75) is 32.1 Å². The Morgan fingerprint density at radius 1 is 1.25 bits per heavy atom. The molecule has 2 rings (SSSR count). The monoisotopic (exact) mass is 221 g/mol. The van der Waals surface area contributed by atoms with E-state index in [1.165, 1.54) is 5.56 Å². The summed E-state index contributed by atoms with van der Waals surface area (Å²) in [6, 6.07) is 8.35. The minimum Gasteiger partial charge on any atom is -0.344 e. The summed E-state index contributed by atoms with van der Waals surface area (Å²) < 4.78 is 11.4. The van der Waals surface area contributed by atoms with Gasteiger partial charge in [0.25, 0.3) is 0 Å². The molecule has 3 heteroatoms. The Morgan fingerprint density at radius 3 is 2.31 bits per heavy atom. The summed E-state index contributed by atoms with van der Waals surface area (Å²) in [5.41, 5.74) is 8.10. The first kappa shape index (κ1) is 11.6. The number of aryl methyl sites for hydroxylation is 1. The maximum absolute atomic E-state index is 5.73. The van der Waals surface area contributed by atoms with Crippen LogP contribution in [0.2, 0.25) is 0 Å². The van der Waals surface area contributed by atoms with Crippen LogP contribution in [0.5, 0.6) is 0 Å². The minimum absolute atomic E-state index is 0.0111. The minimum atomic E-state index is -0.637. The van der Waals surface area contributed by atoms with E-state index in [4.69, 9.17) is 15.2 Å². The molecule has 88 valence electrons. The normalized spacial score (nSPS) is 30.3. The first-order valence-corrected chi connectivity index (χ1v) is 5.77. The second-order valence-electron chi connectivity index (χ2n) is 4.38. The topological polar surface area (TPSA) is 44.5 Å². The summed E-state index contributed by atoms with van der Waals surface area (Å²) in [4.78, 5) is 0. The van der Waals surface area contributed by atoms with Gasteiger partial charge in [0.15, 0.2) is 5.79 Å². The van der Waals surface area contributed by atoms with Crippen LogP contribution in [0.1, 0.15) is 25.0 Å². The summed E-state index contributed by atoms with van der Waals surface area (Å²) in [6.45, 7) is 5.18. The lowest BCUT2D eigenvalue weighted by molar-refractivity contribution is -0.270. The fraction of sp³-hybridized carbons (Fsp3) is 0.538. The van der Waals surface area contributed by atoms with Crippen molar-refractivity contribution >= 4 is 0 Å². The van der Waals surface area contributed by atoms with Gasteiger partial charge in [-0.1, -0.05) is 31.2 Å². The molecule has 0 bridgehead atoms. The summed E-state index contributed by atoms with van der Waals surface area (Å²) in [5, 5.41) is 0. The molecule has 16 heavy (non-hydrogen) atoms. The summed E-state index contributed by atoms with van der Waals surface area (Å²) >= 11 is 0. The Morgan fingerprint density at radius 2 is 1.81 bits per heavy atom. The van der Waals surface area contributed by atoms with Crippen LogP contribution < -0.4 is 5.73 Å². The van der Waals surface area contributed by atoms with E-state index in [0.29, 0.717) is 13.2 Å². The predicted octanol–water partition coefficient (Wildman–Crippen LogP) is 1.80. The molecule has 0 atom stereocenters. The van der Waals surface area contributed by atoms with Crippen molar-refractivity contribution in [3.8, 4) is 0 Å². The summed E-state index contributed by atoms with van der Waals surface area (Å²) in [5.74, 6) is -0.637. The van der Waals surface area contributed by atoms with Crippen LogP contribution in [0, 0.1) is 0 Å². The van der Waals surface area contributed by atoms with Crippen molar-refractivity contribution in [2.24, 2.45) is 5.73 Å². The summed E-state index contributed by atoms with van der Waals surface area (Å²) in [7, 11) is 0. The SMILES string of the molecule is CCc1ccc(C2(C)OCC(N)CO2)cc1. The highest BCUT2D eigenvalue weighted by atomic mass is 16.7. The van der Waals surface area contributed by atoms with Crippen LogP contribution in [0.3, 0.4) is 0 Å². The van der Waals surface area contributed by atoms with Gasteiger partial charge in [0.2, 0.25) is 0 Å². The zero-order chi connectivity index (χ0) is 11.6. The molecule has 1 aromatic carbocycles. The molecule has 1 aliphatic rings. The molecule has 0 unspecified atom stereocenters. The van der Waals surface area contributed by atoms with E-state index in [9.17, 15) is 0 Å². The van der Waals surface area contributed by atoms with E-state index in [1.54, 1.807) is 0 Å². The van der Waals surface area contributed by atoms with Crippen LogP contribution in [0.25, 0.3) is 0 Å². The Balaban J connectivity index is 2.16.